The summed E-state index contributed by atoms with van der Waals surface area (Å²) in [5.41, 5.74) is 6.91. The molecule has 0 fully saturated rings. The van der Waals surface area contributed by atoms with Crippen LogP contribution in [0.5, 0.6) is 0 Å². The molecule has 0 radical (unpaired) electrons. The number of hydrogen-bond acceptors (Lipinski definition) is 0. The van der Waals surface area contributed by atoms with Gasteiger partial charge < -0.3 is 0 Å². The molecule has 1 aliphatic carbocycles. The fourth-order valence-corrected chi connectivity index (χ4v) is 2.37. The van der Waals surface area contributed by atoms with Gasteiger partial charge in [0.2, 0.25) is 0 Å². The minimum absolute atomic E-state index is 1.07. The first-order valence-corrected chi connectivity index (χ1v) is 5.70. The Morgan fingerprint density at radius 2 is 1.75 bits per heavy atom. The van der Waals surface area contributed by atoms with Crippen molar-refractivity contribution in [3.63, 3.8) is 0 Å². The first-order chi connectivity index (χ1) is 7.84. The lowest BCUT2D eigenvalue weighted by molar-refractivity contribution is 1.28. The highest BCUT2D eigenvalue weighted by Crippen LogP contribution is 2.32. The molecule has 0 heterocycles. The first-order valence-electron chi connectivity index (χ1n) is 5.70. The third-order valence-electron chi connectivity index (χ3n) is 3.16. The van der Waals surface area contributed by atoms with E-state index in [0.29, 0.717) is 0 Å². The van der Waals surface area contributed by atoms with E-state index in [1.165, 1.54) is 27.8 Å². The van der Waals surface area contributed by atoms with E-state index < -0.39 is 0 Å². The molecular formula is C16H14. The summed E-state index contributed by atoms with van der Waals surface area (Å²) >= 11 is 0. The average Bonchev–Trinajstić information content (AvgIpc) is 2.73. The Labute approximate surface area is 96.3 Å². The summed E-state index contributed by atoms with van der Waals surface area (Å²) in [6.07, 6.45) is 3.40. The highest BCUT2D eigenvalue weighted by molar-refractivity contribution is 5.84. The quantitative estimate of drug-likeness (QED) is 0.662. The molecule has 16 heavy (non-hydrogen) atoms. The molecule has 0 unspecified atom stereocenters. The van der Waals surface area contributed by atoms with E-state index in [1.807, 2.05) is 0 Å². The number of rotatable bonds is 1. The molecule has 1 aliphatic rings. The molecule has 2 aromatic rings. The van der Waals surface area contributed by atoms with Crippen molar-refractivity contribution >= 4 is 5.57 Å². The van der Waals surface area contributed by atoms with E-state index >= 15 is 0 Å². The minimum atomic E-state index is 1.07. The van der Waals surface area contributed by atoms with Crippen LogP contribution in [0.25, 0.3) is 5.57 Å². The fraction of sp³-hybridized carbons (Fsp3) is 0.125. The van der Waals surface area contributed by atoms with E-state index in [9.17, 15) is 0 Å². The molecule has 0 nitrogen and oxygen atoms in total. The molecule has 0 N–H and O–H groups in total. The summed E-state index contributed by atoms with van der Waals surface area (Å²) < 4.78 is 0. The zero-order chi connectivity index (χ0) is 11.0. The predicted octanol–water partition coefficient (Wildman–Crippen LogP) is 3.98. The molecule has 0 aromatic heterocycles. The largest absolute Gasteiger partial charge is 0.0716 e. The summed E-state index contributed by atoms with van der Waals surface area (Å²) in [6, 6.07) is 17.4. The zero-order valence-corrected chi connectivity index (χ0v) is 9.40. The lowest BCUT2D eigenvalue weighted by Gasteiger charge is -2.06. The van der Waals surface area contributed by atoms with Crippen molar-refractivity contribution in [3.05, 3.63) is 76.9 Å². The lowest BCUT2D eigenvalue weighted by Crippen LogP contribution is -1.87. The van der Waals surface area contributed by atoms with Crippen LogP contribution in [0.2, 0.25) is 0 Å². The normalized spacial score (nSPS) is 13.4. The predicted molar refractivity (Wildman–Crippen MR) is 68.4 cm³/mol. The van der Waals surface area contributed by atoms with Crippen LogP contribution >= 0.6 is 0 Å². The summed E-state index contributed by atoms with van der Waals surface area (Å²) in [6.45, 7) is 2.15. The number of fused-ring (bicyclic) bond motifs is 1. The van der Waals surface area contributed by atoms with E-state index in [2.05, 4.69) is 61.5 Å². The van der Waals surface area contributed by atoms with Crippen molar-refractivity contribution in [1.29, 1.82) is 0 Å². The van der Waals surface area contributed by atoms with Crippen LogP contribution < -0.4 is 0 Å². The van der Waals surface area contributed by atoms with Crippen LogP contribution in [0.4, 0.5) is 0 Å². The Balaban J connectivity index is 2.09. The molecule has 2 aromatic carbocycles. The van der Waals surface area contributed by atoms with Gasteiger partial charge in [0.1, 0.15) is 0 Å². The van der Waals surface area contributed by atoms with E-state index in [1.54, 1.807) is 0 Å². The monoisotopic (exact) mass is 206 g/mol. The van der Waals surface area contributed by atoms with Gasteiger partial charge in [-0.25, -0.2) is 0 Å². The number of aryl methyl sites for hydroxylation is 1. The van der Waals surface area contributed by atoms with Crippen molar-refractivity contribution in [2.75, 3.05) is 0 Å². The Kier molecular flexibility index (Phi) is 2.14. The molecule has 0 bridgehead atoms. The van der Waals surface area contributed by atoms with Crippen LogP contribution in [0.1, 0.15) is 22.3 Å². The number of hydrogen-bond donors (Lipinski definition) is 0. The highest BCUT2D eigenvalue weighted by atomic mass is 14.2. The number of allylic oxidation sites excluding steroid dienone is 1. The topological polar surface area (TPSA) is 0 Å². The van der Waals surface area contributed by atoms with Crippen LogP contribution in [-0.2, 0) is 6.42 Å². The summed E-state index contributed by atoms with van der Waals surface area (Å²) in [5, 5.41) is 0. The Morgan fingerprint density at radius 1 is 0.938 bits per heavy atom. The Bertz CT molecular complexity index is 548. The van der Waals surface area contributed by atoms with Crippen LogP contribution in [0.3, 0.4) is 0 Å². The van der Waals surface area contributed by atoms with Crippen LogP contribution in [0.15, 0.2) is 54.6 Å². The van der Waals surface area contributed by atoms with Gasteiger partial charge in [-0.05, 0) is 35.6 Å². The highest BCUT2D eigenvalue weighted by Gasteiger charge is 2.14. The second-order valence-electron chi connectivity index (χ2n) is 4.35. The van der Waals surface area contributed by atoms with E-state index in [4.69, 9.17) is 0 Å². The minimum Gasteiger partial charge on any atom is -0.0716 e. The second-order valence-corrected chi connectivity index (χ2v) is 4.35. The maximum absolute atomic E-state index is 2.33. The lowest BCUT2D eigenvalue weighted by atomic mass is 9.98. The van der Waals surface area contributed by atoms with Gasteiger partial charge in [-0.1, -0.05) is 60.2 Å². The average molecular weight is 206 g/mol. The van der Waals surface area contributed by atoms with Crippen molar-refractivity contribution in [3.8, 4) is 0 Å². The molecule has 0 saturated heterocycles. The van der Waals surface area contributed by atoms with Gasteiger partial charge in [0, 0.05) is 0 Å². The molecule has 0 atom stereocenters. The van der Waals surface area contributed by atoms with Gasteiger partial charge in [-0.2, -0.15) is 0 Å². The molecule has 3 rings (SSSR count). The standard InChI is InChI=1S/C16H14/c1-12-7-9-16-14(11-12)8-10-15(16)13-5-3-2-4-6-13/h2-7,9-11H,8H2,1H3. The fourth-order valence-electron chi connectivity index (χ4n) is 2.37. The van der Waals surface area contributed by atoms with E-state index in [-0.39, 0.29) is 0 Å². The van der Waals surface area contributed by atoms with Gasteiger partial charge in [-0.15, -0.1) is 0 Å². The molecule has 0 heteroatoms. The summed E-state index contributed by atoms with van der Waals surface area (Å²) in [7, 11) is 0. The smallest absolute Gasteiger partial charge is 0.00818 e. The first kappa shape index (κ1) is 9.41. The third kappa shape index (κ3) is 1.47. The SMILES string of the molecule is Cc1ccc2c(c1)CC=C2c1ccccc1. The van der Waals surface area contributed by atoms with Gasteiger partial charge in [-0.3, -0.25) is 0 Å². The number of benzene rings is 2. The van der Waals surface area contributed by atoms with Gasteiger partial charge in [0.25, 0.3) is 0 Å². The molecular weight excluding hydrogens is 192 g/mol. The summed E-state index contributed by atoms with van der Waals surface area (Å²) in [5.74, 6) is 0. The maximum Gasteiger partial charge on any atom is -0.00818 e. The van der Waals surface area contributed by atoms with Crippen molar-refractivity contribution in [2.45, 2.75) is 13.3 Å². The van der Waals surface area contributed by atoms with Crippen molar-refractivity contribution < 1.29 is 0 Å². The molecule has 0 saturated carbocycles. The maximum atomic E-state index is 2.33. The van der Waals surface area contributed by atoms with Gasteiger partial charge in [0.15, 0.2) is 0 Å². The molecule has 78 valence electrons. The van der Waals surface area contributed by atoms with Crippen molar-refractivity contribution in [2.24, 2.45) is 0 Å². The second kappa shape index (κ2) is 3.64. The van der Waals surface area contributed by atoms with Gasteiger partial charge in [0.05, 0.1) is 0 Å². The van der Waals surface area contributed by atoms with Crippen molar-refractivity contribution in [1.82, 2.24) is 0 Å². The summed E-state index contributed by atoms with van der Waals surface area (Å²) in [4.78, 5) is 0. The molecule has 0 aliphatic heterocycles. The Hall–Kier alpha value is -1.82. The molecule has 0 spiro atoms. The van der Waals surface area contributed by atoms with Crippen LogP contribution in [0, 0.1) is 6.92 Å². The zero-order valence-electron chi connectivity index (χ0n) is 9.40. The van der Waals surface area contributed by atoms with Gasteiger partial charge >= 0.3 is 0 Å². The molecule has 0 amide bonds. The third-order valence-corrected chi connectivity index (χ3v) is 3.16. The van der Waals surface area contributed by atoms with Crippen LogP contribution in [-0.4, -0.2) is 0 Å². The van der Waals surface area contributed by atoms with E-state index in [0.717, 1.165) is 6.42 Å². The Morgan fingerprint density at radius 3 is 2.56 bits per heavy atom.